The molecule has 0 radical (unpaired) electrons. The van der Waals surface area contributed by atoms with Gasteiger partial charge in [-0.3, -0.25) is 0 Å². The van der Waals surface area contributed by atoms with Crippen molar-refractivity contribution >= 4 is 21.4 Å². The number of halogens is 1. The average Bonchev–Trinajstić information content (AvgIpc) is 2.91. The number of benzene rings is 1. The summed E-state index contributed by atoms with van der Waals surface area (Å²) in [4.78, 5) is 0. The number of hydrogen-bond donors (Lipinski definition) is 1. The van der Waals surface area contributed by atoms with Crippen molar-refractivity contribution in [2.45, 2.75) is 11.2 Å². The van der Waals surface area contributed by atoms with E-state index in [4.69, 9.17) is 16.7 Å². The molecular formula is C11H13ClO3S. The van der Waals surface area contributed by atoms with Gasteiger partial charge in [-0.05, 0) is 17.7 Å². The van der Waals surface area contributed by atoms with E-state index < -0.39 is 15.1 Å². The normalized spacial score (nSPS) is 29.1. The monoisotopic (exact) mass is 260 g/mol. The van der Waals surface area contributed by atoms with Crippen LogP contribution in [0.5, 0.6) is 0 Å². The maximum Gasteiger partial charge on any atom is 0.151 e. The highest BCUT2D eigenvalue weighted by molar-refractivity contribution is 7.91. The van der Waals surface area contributed by atoms with Crippen LogP contribution in [-0.2, 0) is 9.84 Å². The van der Waals surface area contributed by atoms with Crippen LogP contribution in [0.1, 0.15) is 11.5 Å². The fraction of sp³-hybridized carbons (Fsp3) is 0.455. The number of aliphatic hydroxyl groups excluding tert-OH is 1. The van der Waals surface area contributed by atoms with Gasteiger partial charge in [0, 0.05) is 29.7 Å². The first-order chi connectivity index (χ1) is 7.45. The molecule has 16 heavy (non-hydrogen) atoms. The highest BCUT2D eigenvalue weighted by Gasteiger charge is 2.56. The second kappa shape index (κ2) is 4.02. The van der Waals surface area contributed by atoms with Gasteiger partial charge in [0.25, 0.3) is 0 Å². The predicted molar refractivity (Wildman–Crippen MR) is 63.4 cm³/mol. The smallest absolute Gasteiger partial charge is 0.151 e. The minimum Gasteiger partial charge on any atom is -0.396 e. The quantitative estimate of drug-likeness (QED) is 0.895. The fourth-order valence-electron chi connectivity index (χ4n) is 2.29. The lowest BCUT2D eigenvalue weighted by molar-refractivity contribution is 0.274. The van der Waals surface area contributed by atoms with Gasteiger partial charge in [0.15, 0.2) is 9.84 Å². The van der Waals surface area contributed by atoms with Crippen LogP contribution in [0.3, 0.4) is 0 Å². The maximum absolute atomic E-state index is 11.5. The van der Waals surface area contributed by atoms with Crippen LogP contribution in [0.4, 0.5) is 0 Å². The van der Waals surface area contributed by atoms with Gasteiger partial charge in [-0.1, -0.05) is 23.7 Å². The molecular weight excluding hydrogens is 248 g/mol. The summed E-state index contributed by atoms with van der Waals surface area (Å²) >= 11 is 5.86. The van der Waals surface area contributed by atoms with Crippen molar-refractivity contribution in [2.24, 2.45) is 5.92 Å². The Balaban J connectivity index is 2.30. The van der Waals surface area contributed by atoms with E-state index in [1.165, 1.54) is 6.26 Å². The molecule has 1 fully saturated rings. The van der Waals surface area contributed by atoms with Gasteiger partial charge in [0.05, 0.1) is 5.25 Å². The zero-order chi connectivity index (χ0) is 11.9. The Morgan fingerprint density at radius 1 is 1.44 bits per heavy atom. The van der Waals surface area contributed by atoms with Crippen molar-refractivity contribution in [3.63, 3.8) is 0 Å². The van der Waals surface area contributed by atoms with E-state index in [2.05, 4.69) is 0 Å². The maximum atomic E-state index is 11.5. The summed E-state index contributed by atoms with van der Waals surface area (Å²) in [7, 11) is -3.10. The highest BCUT2D eigenvalue weighted by atomic mass is 35.5. The summed E-state index contributed by atoms with van der Waals surface area (Å²) in [6.45, 7) is -0.102. The van der Waals surface area contributed by atoms with Crippen LogP contribution < -0.4 is 0 Å². The van der Waals surface area contributed by atoms with Crippen LogP contribution in [-0.4, -0.2) is 31.6 Å². The Bertz CT molecular complexity index is 498. The molecule has 0 bridgehead atoms. The standard InChI is InChI=1S/C11H13ClO3S/c1-16(14,15)11-9(6-13)10(11)7-3-2-4-8(12)5-7/h2-5,9-11,13H,6H2,1H3/t9-,10-,11-/m0/s1. The van der Waals surface area contributed by atoms with Crippen LogP contribution >= 0.6 is 11.6 Å². The first-order valence-electron chi connectivity index (χ1n) is 5.00. The number of rotatable bonds is 3. The molecule has 1 aliphatic carbocycles. The summed E-state index contributed by atoms with van der Waals surface area (Å²) in [5.41, 5.74) is 0.891. The molecule has 0 aliphatic heterocycles. The highest BCUT2D eigenvalue weighted by Crippen LogP contribution is 2.51. The van der Waals surface area contributed by atoms with Gasteiger partial charge >= 0.3 is 0 Å². The average molecular weight is 261 g/mol. The van der Waals surface area contributed by atoms with Crippen molar-refractivity contribution in [3.05, 3.63) is 34.9 Å². The molecule has 88 valence electrons. The first-order valence-corrected chi connectivity index (χ1v) is 7.33. The minimum absolute atomic E-state index is 0.102. The molecule has 1 aromatic rings. The molecule has 1 aromatic carbocycles. The molecule has 0 aromatic heterocycles. The van der Waals surface area contributed by atoms with E-state index in [9.17, 15) is 8.42 Å². The van der Waals surface area contributed by atoms with Crippen molar-refractivity contribution < 1.29 is 13.5 Å². The Hall–Kier alpha value is -0.580. The molecule has 0 heterocycles. The van der Waals surface area contributed by atoms with Gasteiger partial charge in [-0.2, -0.15) is 0 Å². The lowest BCUT2D eigenvalue weighted by Crippen LogP contribution is -2.08. The van der Waals surface area contributed by atoms with E-state index >= 15 is 0 Å². The molecule has 1 aliphatic rings. The summed E-state index contributed by atoms with van der Waals surface area (Å²) in [5, 5.41) is 9.27. The number of hydrogen-bond acceptors (Lipinski definition) is 3. The van der Waals surface area contributed by atoms with Crippen molar-refractivity contribution in [1.82, 2.24) is 0 Å². The Kier molecular flexibility index (Phi) is 2.99. The zero-order valence-corrected chi connectivity index (χ0v) is 10.4. The van der Waals surface area contributed by atoms with Crippen LogP contribution in [0.15, 0.2) is 24.3 Å². The van der Waals surface area contributed by atoms with E-state index in [0.29, 0.717) is 5.02 Å². The molecule has 2 rings (SSSR count). The molecule has 3 nitrogen and oxygen atoms in total. The Morgan fingerprint density at radius 2 is 2.12 bits per heavy atom. The number of sulfone groups is 1. The predicted octanol–water partition coefficient (Wildman–Crippen LogP) is 1.46. The lowest BCUT2D eigenvalue weighted by atomic mass is 10.1. The van der Waals surface area contributed by atoms with Gasteiger partial charge in [0.2, 0.25) is 0 Å². The molecule has 0 amide bonds. The van der Waals surface area contributed by atoms with Gasteiger partial charge < -0.3 is 5.11 Å². The summed E-state index contributed by atoms with van der Waals surface area (Å²) in [5.74, 6) is -0.299. The number of aliphatic hydroxyl groups is 1. The van der Waals surface area contributed by atoms with Crippen LogP contribution in [0, 0.1) is 5.92 Å². The second-order valence-corrected chi connectivity index (χ2v) is 6.86. The molecule has 0 spiro atoms. The zero-order valence-electron chi connectivity index (χ0n) is 8.80. The topological polar surface area (TPSA) is 54.4 Å². The van der Waals surface area contributed by atoms with E-state index in [0.717, 1.165) is 5.56 Å². The van der Waals surface area contributed by atoms with E-state index in [1.807, 2.05) is 6.07 Å². The third-order valence-corrected chi connectivity index (χ3v) is 4.90. The summed E-state index contributed by atoms with van der Waals surface area (Å²) in [6, 6.07) is 7.16. The molecule has 1 saturated carbocycles. The molecule has 0 unspecified atom stereocenters. The van der Waals surface area contributed by atoms with Crippen LogP contribution in [0.2, 0.25) is 5.02 Å². The second-order valence-electron chi connectivity index (χ2n) is 4.22. The summed E-state index contributed by atoms with van der Waals surface area (Å²) in [6.07, 6.45) is 1.21. The summed E-state index contributed by atoms with van der Waals surface area (Å²) < 4.78 is 23.0. The van der Waals surface area contributed by atoms with Gasteiger partial charge in [-0.25, -0.2) is 8.42 Å². The van der Waals surface area contributed by atoms with Gasteiger partial charge in [0.1, 0.15) is 0 Å². The van der Waals surface area contributed by atoms with Crippen molar-refractivity contribution in [3.8, 4) is 0 Å². The molecule has 5 heteroatoms. The third kappa shape index (κ3) is 2.10. The van der Waals surface area contributed by atoms with Crippen molar-refractivity contribution in [1.29, 1.82) is 0 Å². The van der Waals surface area contributed by atoms with E-state index in [-0.39, 0.29) is 18.4 Å². The lowest BCUT2D eigenvalue weighted by Gasteiger charge is -1.99. The first kappa shape index (κ1) is 11.9. The van der Waals surface area contributed by atoms with Crippen LogP contribution in [0.25, 0.3) is 0 Å². The molecule has 3 atom stereocenters. The molecule has 0 saturated heterocycles. The third-order valence-electron chi connectivity index (χ3n) is 3.04. The van der Waals surface area contributed by atoms with Crippen molar-refractivity contribution in [2.75, 3.05) is 12.9 Å². The Labute approximate surface area is 100.0 Å². The largest absolute Gasteiger partial charge is 0.396 e. The SMILES string of the molecule is CS(=O)(=O)[C@H]1[C@@H](CO)[C@@H]1c1cccc(Cl)c1. The minimum atomic E-state index is -3.10. The van der Waals surface area contributed by atoms with Gasteiger partial charge in [-0.15, -0.1) is 0 Å². The Morgan fingerprint density at radius 3 is 2.56 bits per heavy atom. The fourth-order valence-corrected chi connectivity index (χ4v) is 4.18. The van der Waals surface area contributed by atoms with E-state index in [1.54, 1.807) is 18.2 Å². The molecule has 1 N–H and O–H groups in total.